The Kier molecular flexibility index (Phi) is 6.30. The molecule has 0 fully saturated rings. The number of anilines is 2. The van der Waals surface area contributed by atoms with Crippen LogP contribution in [0.15, 0.2) is 59.8 Å². The van der Waals surface area contributed by atoms with Crippen LogP contribution in [0, 0.1) is 5.82 Å². The highest BCUT2D eigenvalue weighted by Gasteiger charge is 2.17. The second-order valence-corrected chi connectivity index (χ2v) is 7.61. The molecule has 0 spiro atoms. The molecule has 0 aliphatic rings. The first kappa shape index (κ1) is 20.6. The van der Waals surface area contributed by atoms with Crippen LogP contribution in [0.25, 0.3) is 0 Å². The standard InChI is InChI=1S/C19H14ClFN4O3S/c1-29(28)13-4-6-16(22-10-13)19(27)24-15-5-3-12(21)8-14(15)18(26)25-17-7-2-11(20)9-23-17/h2-10H,1H3,(H,24,27)(H,23,25,26). The molecule has 29 heavy (non-hydrogen) atoms. The molecule has 0 aliphatic carbocycles. The number of nitrogens with zero attached hydrogens (tertiary/aromatic N) is 2. The summed E-state index contributed by atoms with van der Waals surface area (Å²) in [7, 11) is -1.22. The van der Waals surface area contributed by atoms with Crippen molar-refractivity contribution in [2.75, 3.05) is 16.9 Å². The van der Waals surface area contributed by atoms with Crippen LogP contribution < -0.4 is 10.6 Å². The van der Waals surface area contributed by atoms with Gasteiger partial charge in [0.1, 0.15) is 17.3 Å². The van der Waals surface area contributed by atoms with Crippen molar-refractivity contribution in [1.29, 1.82) is 0 Å². The van der Waals surface area contributed by atoms with Gasteiger partial charge in [0, 0.05) is 18.6 Å². The maximum atomic E-state index is 13.7. The fourth-order valence-electron chi connectivity index (χ4n) is 2.32. The predicted molar refractivity (Wildman–Crippen MR) is 108 cm³/mol. The molecule has 0 aliphatic heterocycles. The zero-order valence-electron chi connectivity index (χ0n) is 15.0. The molecule has 1 unspecified atom stereocenters. The van der Waals surface area contributed by atoms with Gasteiger partial charge >= 0.3 is 0 Å². The predicted octanol–water partition coefficient (Wildman–Crippen LogP) is 3.51. The summed E-state index contributed by atoms with van der Waals surface area (Å²) in [5, 5.41) is 5.44. The second kappa shape index (κ2) is 8.89. The summed E-state index contributed by atoms with van der Waals surface area (Å²) >= 11 is 5.76. The average Bonchev–Trinajstić information content (AvgIpc) is 2.71. The Balaban J connectivity index is 1.82. The van der Waals surface area contributed by atoms with Crippen LogP contribution in [0.1, 0.15) is 20.8 Å². The van der Waals surface area contributed by atoms with E-state index >= 15 is 0 Å². The van der Waals surface area contributed by atoms with E-state index in [2.05, 4.69) is 20.6 Å². The van der Waals surface area contributed by atoms with Gasteiger partial charge in [-0.05, 0) is 42.5 Å². The highest BCUT2D eigenvalue weighted by molar-refractivity contribution is 7.84. The van der Waals surface area contributed by atoms with Crippen LogP contribution in [0.5, 0.6) is 0 Å². The molecule has 2 heterocycles. The smallest absolute Gasteiger partial charge is 0.274 e. The number of halogens is 2. The molecular formula is C19H14ClFN4O3S. The van der Waals surface area contributed by atoms with Gasteiger partial charge in [-0.2, -0.15) is 0 Å². The molecule has 2 aromatic heterocycles. The zero-order chi connectivity index (χ0) is 21.0. The van der Waals surface area contributed by atoms with Gasteiger partial charge in [-0.1, -0.05) is 11.6 Å². The van der Waals surface area contributed by atoms with E-state index in [1.807, 2.05) is 0 Å². The summed E-state index contributed by atoms with van der Waals surface area (Å²) in [5.74, 6) is -1.71. The van der Waals surface area contributed by atoms with Crippen molar-refractivity contribution in [1.82, 2.24) is 9.97 Å². The number of pyridine rings is 2. The summed E-state index contributed by atoms with van der Waals surface area (Å²) in [6.07, 6.45) is 4.18. The van der Waals surface area contributed by atoms with Gasteiger partial charge < -0.3 is 10.6 Å². The molecule has 1 atom stereocenters. The highest BCUT2D eigenvalue weighted by Crippen LogP contribution is 2.20. The molecule has 0 radical (unpaired) electrons. The van der Waals surface area contributed by atoms with E-state index in [4.69, 9.17) is 11.6 Å². The van der Waals surface area contributed by atoms with Crippen molar-refractivity contribution in [3.05, 3.63) is 77.0 Å². The highest BCUT2D eigenvalue weighted by atomic mass is 35.5. The number of hydrogen-bond acceptors (Lipinski definition) is 5. The van der Waals surface area contributed by atoms with Crippen LogP contribution in [-0.2, 0) is 10.8 Å². The van der Waals surface area contributed by atoms with Gasteiger partial charge in [-0.15, -0.1) is 0 Å². The van der Waals surface area contributed by atoms with Gasteiger partial charge in [-0.3, -0.25) is 13.8 Å². The molecule has 0 bridgehead atoms. The summed E-state index contributed by atoms with van der Waals surface area (Å²) in [4.78, 5) is 33.4. The van der Waals surface area contributed by atoms with Crippen LogP contribution in [0.3, 0.4) is 0 Å². The summed E-state index contributed by atoms with van der Waals surface area (Å²) in [6.45, 7) is 0. The molecule has 7 nitrogen and oxygen atoms in total. The van der Waals surface area contributed by atoms with Gasteiger partial charge in [0.2, 0.25) is 0 Å². The zero-order valence-corrected chi connectivity index (χ0v) is 16.6. The van der Waals surface area contributed by atoms with Gasteiger partial charge in [-0.25, -0.2) is 14.4 Å². The molecule has 10 heteroatoms. The number of rotatable bonds is 5. The molecule has 3 rings (SSSR count). The Morgan fingerprint density at radius 2 is 1.79 bits per heavy atom. The molecule has 1 aromatic carbocycles. The number of carbonyl (C=O) groups excluding carboxylic acids is 2. The molecular weight excluding hydrogens is 419 g/mol. The van der Waals surface area contributed by atoms with Crippen molar-refractivity contribution < 1.29 is 18.2 Å². The minimum atomic E-state index is -1.22. The van der Waals surface area contributed by atoms with Crippen LogP contribution in [0.4, 0.5) is 15.9 Å². The second-order valence-electron chi connectivity index (χ2n) is 5.79. The Hall–Kier alpha value is -3.17. The first-order valence-corrected chi connectivity index (χ1v) is 10.1. The number of nitrogens with one attached hydrogen (secondary N) is 2. The Labute approximate surface area is 172 Å². The van der Waals surface area contributed by atoms with Gasteiger partial charge in [0.05, 0.1) is 32.0 Å². The van der Waals surface area contributed by atoms with E-state index in [0.29, 0.717) is 9.92 Å². The maximum Gasteiger partial charge on any atom is 0.274 e. The van der Waals surface area contributed by atoms with E-state index in [0.717, 1.165) is 12.1 Å². The number of amides is 2. The van der Waals surface area contributed by atoms with Crippen LogP contribution in [0.2, 0.25) is 5.02 Å². The first-order valence-electron chi connectivity index (χ1n) is 8.17. The van der Waals surface area contributed by atoms with E-state index < -0.39 is 28.4 Å². The van der Waals surface area contributed by atoms with Crippen molar-refractivity contribution in [2.45, 2.75) is 4.90 Å². The number of aromatic nitrogens is 2. The summed E-state index contributed by atoms with van der Waals surface area (Å²) < 4.78 is 25.1. The average molecular weight is 433 g/mol. The summed E-state index contributed by atoms with van der Waals surface area (Å²) in [6, 6.07) is 9.34. The van der Waals surface area contributed by atoms with E-state index in [9.17, 15) is 18.2 Å². The molecule has 2 amide bonds. The Morgan fingerprint density at radius 1 is 1.00 bits per heavy atom. The van der Waals surface area contributed by atoms with Crippen molar-refractivity contribution in [2.24, 2.45) is 0 Å². The normalized spacial score (nSPS) is 11.6. The minimum absolute atomic E-state index is 0.0502. The van der Waals surface area contributed by atoms with Gasteiger partial charge in [0.25, 0.3) is 11.8 Å². The first-order chi connectivity index (χ1) is 13.8. The topological polar surface area (TPSA) is 101 Å². The largest absolute Gasteiger partial charge is 0.320 e. The van der Waals surface area contributed by atoms with Crippen LogP contribution >= 0.6 is 11.6 Å². The van der Waals surface area contributed by atoms with Crippen molar-refractivity contribution in [3.8, 4) is 0 Å². The molecule has 3 aromatic rings. The van der Waals surface area contributed by atoms with Crippen LogP contribution in [-0.4, -0.2) is 32.2 Å². The molecule has 2 N–H and O–H groups in total. The number of hydrogen-bond donors (Lipinski definition) is 2. The Morgan fingerprint density at radius 3 is 2.41 bits per heavy atom. The quantitative estimate of drug-likeness (QED) is 0.642. The third-order valence-electron chi connectivity index (χ3n) is 3.74. The van der Waals surface area contributed by atoms with Gasteiger partial charge in [0.15, 0.2) is 0 Å². The van der Waals surface area contributed by atoms with E-state index in [-0.39, 0.29) is 22.8 Å². The SMILES string of the molecule is CS(=O)c1ccc(C(=O)Nc2ccc(F)cc2C(=O)Nc2ccc(Cl)cn2)nc1. The fourth-order valence-corrected chi connectivity index (χ4v) is 2.89. The maximum absolute atomic E-state index is 13.7. The number of carbonyl (C=O) groups is 2. The third kappa shape index (κ3) is 5.21. The number of benzene rings is 1. The summed E-state index contributed by atoms with van der Waals surface area (Å²) in [5.41, 5.74) is 0.0449. The van der Waals surface area contributed by atoms with Crippen molar-refractivity contribution in [3.63, 3.8) is 0 Å². The molecule has 148 valence electrons. The molecule has 0 saturated heterocycles. The monoisotopic (exact) mass is 432 g/mol. The van der Waals surface area contributed by atoms with E-state index in [1.54, 1.807) is 0 Å². The molecule has 0 saturated carbocycles. The minimum Gasteiger partial charge on any atom is -0.320 e. The lowest BCUT2D eigenvalue weighted by molar-refractivity contribution is 0.102. The van der Waals surface area contributed by atoms with Crippen molar-refractivity contribution >= 4 is 45.7 Å². The lowest BCUT2D eigenvalue weighted by Gasteiger charge is -2.11. The lowest BCUT2D eigenvalue weighted by atomic mass is 10.1. The lowest BCUT2D eigenvalue weighted by Crippen LogP contribution is -2.19. The Bertz CT molecular complexity index is 1090. The van der Waals surface area contributed by atoms with E-state index in [1.165, 1.54) is 49.0 Å². The fraction of sp³-hybridized carbons (Fsp3) is 0.0526. The third-order valence-corrected chi connectivity index (χ3v) is 4.87.